The highest BCUT2D eigenvalue weighted by molar-refractivity contribution is 9.10. The zero-order valence-electron chi connectivity index (χ0n) is 17.4. The zero-order chi connectivity index (χ0) is 21.4. The topological polar surface area (TPSA) is 65.2 Å². The van der Waals surface area contributed by atoms with Crippen molar-refractivity contribution < 1.29 is 9.59 Å². The number of hydrogen-bond acceptors (Lipinski definition) is 3. The van der Waals surface area contributed by atoms with Gasteiger partial charge in [0, 0.05) is 21.3 Å². The van der Waals surface area contributed by atoms with Crippen LogP contribution in [0.3, 0.4) is 0 Å². The van der Waals surface area contributed by atoms with E-state index in [0.717, 1.165) is 54.1 Å². The molecular weight excluding hydrogens is 454 g/mol. The fraction of sp³-hybridized carbons (Fsp3) is 0.360. The van der Waals surface area contributed by atoms with Gasteiger partial charge < -0.3 is 10.3 Å². The van der Waals surface area contributed by atoms with Crippen molar-refractivity contribution in [3.8, 4) is 0 Å². The van der Waals surface area contributed by atoms with Crippen LogP contribution in [0.15, 0.2) is 53.0 Å². The standard InChI is InChI=1S/C25H26BrN3O2/c26-19-8-9-21-20(14-19)23(24(27-21)25(31)18-6-7-18)28-22(30)15-29-12-10-17(11-13-29)16-4-2-1-3-5-16/h1-5,8-9,14,17-18,27H,6-7,10-13,15H2,(H,28,30). The lowest BCUT2D eigenvalue weighted by atomic mass is 9.89. The highest BCUT2D eigenvalue weighted by Crippen LogP contribution is 2.38. The minimum absolute atomic E-state index is 0.0658. The SMILES string of the molecule is O=C(CN1CCC(c2ccccc2)CC1)Nc1c(C(=O)C2CC2)[nH]c2ccc(Br)cc12. The molecule has 1 aliphatic heterocycles. The second kappa shape index (κ2) is 8.60. The molecule has 0 radical (unpaired) electrons. The monoisotopic (exact) mass is 479 g/mol. The van der Waals surface area contributed by atoms with Gasteiger partial charge in [0.25, 0.3) is 0 Å². The number of nitrogens with one attached hydrogen (secondary N) is 2. The molecule has 1 aromatic heterocycles. The Kier molecular flexibility index (Phi) is 5.67. The third-order valence-corrected chi connectivity index (χ3v) is 6.94. The molecule has 2 aliphatic rings. The number of nitrogens with zero attached hydrogens (tertiary/aromatic N) is 1. The van der Waals surface area contributed by atoms with Crippen LogP contribution >= 0.6 is 15.9 Å². The summed E-state index contributed by atoms with van der Waals surface area (Å²) in [5.74, 6) is 0.689. The average Bonchev–Trinajstić information content (AvgIpc) is 3.58. The molecule has 160 valence electrons. The van der Waals surface area contributed by atoms with Gasteiger partial charge in [-0.15, -0.1) is 0 Å². The molecule has 6 heteroatoms. The summed E-state index contributed by atoms with van der Waals surface area (Å²) in [6.45, 7) is 2.15. The lowest BCUT2D eigenvalue weighted by Crippen LogP contribution is -2.38. The molecular formula is C25H26BrN3O2. The first-order valence-electron chi connectivity index (χ1n) is 11.0. The predicted molar refractivity (Wildman–Crippen MR) is 127 cm³/mol. The van der Waals surface area contributed by atoms with E-state index >= 15 is 0 Å². The molecule has 2 aromatic carbocycles. The van der Waals surface area contributed by atoms with Crippen LogP contribution in [-0.4, -0.2) is 41.2 Å². The van der Waals surface area contributed by atoms with E-state index in [1.807, 2.05) is 18.2 Å². The van der Waals surface area contributed by atoms with Crippen molar-refractivity contribution in [3.63, 3.8) is 0 Å². The molecule has 0 atom stereocenters. The lowest BCUT2D eigenvalue weighted by molar-refractivity contribution is -0.117. The van der Waals surface area contributed by atoms with Gasteiger partial charge in [0.15, 0.2) is 5.78 Å². The molecule has 3 aromatic rings. The number of aromatic amines is 1. The van der Waals surface area contributed by atoms with Crippen molar-refractivity contribution in [1.29, 1.82) is 0 Å². The van der Waals surface area contributed by atoms with Crippen molar-refractivity contribution in [2.24, 2.45) is 5.92 Å². The Morgan fingerprint density at radius 2 is 1.77 bits per heavy atom. The average molecular weight is 480 g/mol. The second-order valence-electron chi connectivity index (χ2n) is 8.71. The molecule has 1 amide bonds. The first-order valence-corrected chi connectivity index (χ1v) is 11.8. The van der Waals surface area contributed by atoms with Gasteiger partial charge in [0.2, 0.25) is 5.91 Å². The summed E-state index contributed by atoms with van der Waals surface area (Å²) < 4.78 is 0.919. The number of piperidine rings is 1. The molecule has 0 spiro atoms. The Morgan fingerprint density at radius 3 is 2.48 bits per heavy atom. The lowest BCUT2D eigenvalue weighted by Gasteiger charge is -2.31. The predicted octanol–water partition coefficient (Wildman–Crippen LogP) is 5.34. The van der Waals surface area contributed by atoms with Crippen molar-refractivity contribution in [2.45, 2.75) is 31.6 Å². The fourth-order valence-corrected chi connectivity index (χ4v) is 4.92. The molecule has 0 unspecified atom stereocenters. The summed E-state index contributed by atoms with van der Waals surface area (Å²) in [6, 6.07) is 16.5. The third kappa shape index (κ3) is 4.46. The maximum atomic E-state index is 12.9. The van der Waals surface area contributed by atoms with E-state index in [9.17, 15) is 9.59 Å². The number of rotatable bonds is 6. The molecule has 1 saturated heterocycles. The molecule has 1 saturated carbocycles. The Hall–Kier alpha value is -2.44. The number of fused-ring (bicyclic) bond motifs is 1. The van der Waals surface area contributed by atoms with Gasteiger partial charge in [0.1, 0.15) is 5.69 Å². The van der Waals surface area contributed by atoms with Gasteiger partial charge in [-0.2, -0.15) is 0 Å². The van der Waals surface area contributed by atoms with Crippen LogP contribution in [0.25, 0.3) is 10.9 Å². The first-order chi connectivity index (χ1) is 15.1. The van der Waals surface area contributed by atoms with Crippen molar-refractivity contribution in [3.05, 3.63) is 64.3 Å². The first kappa shape index (κ1) is 20.5. The number of likely N-dealkylation sites (tertiary alicyclic amines) is 1. The largest absolute Gasteiger partial charge is 0.350 e. The molecule has 0 bridgehead atoms. The maximum absolute atomic E-state index is 12.9. The molecule has 5 rings (SSSR count). The summed E-state index contributed by atoms with van der Waals surface area (Å²) in [4.78, 5) is 31.2. The summed E-state index contributed by atoms with van der Waals surface area (Å²) in [5.41, 5.74) is 3.41. The summed E-state index contributed by atoms with van der Waals surface area (Å²) >= 11 is 3.51. The fourth-order valence-electron chi connectivity index (χ4n) is 4.56. The second-order valence-corrected chi connectivity index (χ2v) is 9.63. The molecule has 2 N–H and O–H groups in total. The normalized spacial score (nSPS) is 17.7. The molecule has 31 heavy (non-hydrogen) atoms. The summed E-state index contributed by atoms with van der Waals surface area (Å²) in [5, 5.41) is 3.93. The van der Waals surface area contributed by atoms with E-state index in [0.29, 0.717) is 23.8 Å². The number of carbonyl (C=O) groups is 2. The van der Waals surface area contributed by atoms with Gasteiger partial charge in [-0.3, -0.25) is 14.5 Å². The number of H-pyrrole nitrogens is 1. The number of benzene rings is 2. The van der Waals surface area contributed by atoms with E-state index in [4.69, 9.17) is 0 Å². The number of hydrogen-bond donors (Lipinski definition) is 2. The number of halogens is 1. The Morgan fingerprint density at radius 1 is 1.03 bits per heavy atom. The van der Waals surface area contributed by atoms with Crippen molar-refractivity contribution in [1.82, 2.24) is 9.88 Å². The zero-order valence-corrected chi connectivity index (χ0v) is 19.0. The van der Waals surface area contributed by atoms with Gasteiger partial charge in [-0.25, -0.2) is 0 Å². The van der Waals surface area contributed by atoms with E-state index in [-0.39, 0.29) is 17.6 Å². The number of Topliss-reactive ketones (excluding diaryl/α,β-unsaturated/α-hetero) is 1. The third-order valence-electron chi connectivity index (χ3n) is 6.45. The van der Waals surface area contributed by atoms with Gasteiger partial charge in [-0.05, 0) is 68.5 Å². The number of amides is 1. The number of carbonyl (C=O) groups excluding carboxylic acids is 2. The molecule has 5 nitrogen and oxygen atoms in total. The Bertz CT molecular complexity index is 1110. The van der Waals surface area contributed by atoms with E-state index in [1.165, 1.54) is 5.56 Å². The van der Waals surface area contributed by atoms with E-state index in [2.05, 4.69) is 61.5 Å². The minimum Gasteiger partial charge on any atom is -0.350 e. The van der Waals surface area contributed by atoms with Crippen molar-refractivity contribution >= 4 is 44.2 Å². The summed E-state index contributed by atoms with van der Waals surface area (Å²) in [7, 11) is 0. The minimum atomic E-state index is -0.0658. The van der Waals surface area contributed by atoms with Crippen LogP contribution in [0.1, 0.15) is 47.7 Å². The van der Waals surface area contributed by atoms with E-state index < -0.39 is 0 Å². The Balaban J connectivity index is 1.28. The number of ketones is 1. The van der Waals surface area contributed by atoms with Crippen LogP contribution in [0.4, 0.5) is 5.69 Å². The van der Waals surface area contributed by atoms with Crippen molar-refractivity contribution in [2.75, 3.05) is 25.0 Å². The Labute approximate surface area is 190 Å². The molecule has 1 aliphatic carbocycles. The number of aromatic nitrogens is 1. The van der Waals surface area contributed by atoms with Crippen LogP contribution in [-0.2, 0) is 4.79 Å². The van der Waals surface area contributed by atoms with Crippen LogP contribution in [0, 0.1) is 5.92 Å². The van der Waals surface area contributed by atoms with Gasteiger partial charge in [0.05, 0.1) is 12.2 Å². The van der Waals surface area contributed by atoms with Gasteiger partial charge >= 0.3 is 0 Å². The highest BCUT2D eigenvalue weighted by Gasteiger charge is 2.34. The van der Waals surface area contributed by atoms with Crippen LogP contribution in [0.5, 0.6) is 0 Å². The van der Waals surface area contributed by atoms with Gasteiger partial charge in [-0.1, -0.05) is 46.3 Å². The quantitative estimate of drug-likeness (QED) is 0.468. The summed E-state index contributed by atoms with van der Waals surface area (Å²) in [6.07, 6.45) is 3.98. The van der Waals surface area contributed by atoms with Crippen LogP contribution in [0.2, 0.25) is 0 Å². The molecule has 2 heterocycles. The highest BCUT2D eigenvalue weighted by atomic mass is 79.9. The number of anilines is 1. The smallest absolute Gasteiger partial charge is 0.238 e. The molecule has 2 fully saturated rings. The van der Waals surface area contributed by atoms with E-state index in [1.54, 1.807) is 0 Å². The maximum Gasteiger partial charge on any atom is 0.238 e. The van der Waals surface area contributed by atoms with Crippen LogP contribution < -0.4 is 5.32 Å².